The molecule has 1 aliphatic rings. The van der Waals surface area contributed by atoms with E-state index in [2.05, 4.69) is 17.4 Å². The number of anilines is 1. The van der Waals surface area contributed by atoms with E-state index in [0.717, 1.165) is 24.1 Å². The molecule has 2 aromatic carbocycles. The van der Waals surface area contributed by atoms with Gasteiger partial charge in [-0.2, -0.15) is 0 Å². The lowest BCUT2D eigenvalue weighted by Crippen LogP contribution is -2.38. The molecule has 4 heteroatoms. The fraction of sp³-hybridized carbons (Fsp3) is 0.364. The molecule has 1 aliphatic heterocycles. The maximum Gasteiger partial charge on any atom is 0.227 e. The second-order valence-electron chi connectivity index (χ2n) is 7.13. The normalized spacial score (nSPS) is 18.0. The van der Waals surface area contributed by atoms with E-state index in [4.69, 9.17) is 0 Å². The number of rotatable bonds is 6. The van der Waals surface area contributed by atoms with Gasteiger partial charge in [-0.25, -0.2) is 0 Å². The number of aryl methyl sites for hydroxylation is 2. The van der Waals surface area contributed by atoms with Gasteiger partial charge >= 0.3 is 0 Å². The van der Waals surface area contributed by atoms with Crippen LogP contribution in [-0.2, 0) is 16.0 Å². The Hall–Kier alpha value is -2.62. The van der Waals surface area contributed by atoms with Crippen LogP contribution in [0.3, 0.4) is 0 Å². The highest BCUT2D eigenvalue weighted by Gasteiger charge is 2.35. The Morgan fingerprint density at radius 2 is 1.85 bits per heavy atom. The number of carbonyl (C=O) groups excluding carboxylic acids is 2. The minimum absolute atomic E-state index is 0.0185. The molecule has 26 heavy (non-hydrogen) atoms. The van der Waals surface area contributed by atoms with E-state index in [0.29, 0.717) is 6.54 Å². The smallest absolute Gasteiger partial charge is 0.227 e. The van der Waals surface area contributed by atoms with Crippen molar-refractivity contribution in [3.63, 3.8) is 0 Å². The van der Waals surface area contributed by atoms with Crippen molar-refractivity contribution >= 4 is 17.5 Å². The number of nitrogens with zero attached hydrogens (tertiary/aromatic N) is 1. The summed E-state index contributed by atoms with van der Waals surface area (Å²) in [6.07, 6.45) is 2.10. The number of nitrogens with one attached hydrogen (secondary N) is 1. The minimum Gasteiger partial charge on any atom is -0.353 e. The Morgan fingerprint density at radius 3 is 2.58 bits per heavy atom. The number of para-hydroxylation sites is 1. The first-order chi connectivity index (χ1) is 12.5. The summed E-state index contributed by atoms with van der Waals surface area (Å²) in [6, 6.07) is 18.2. The predicted molar refractivity (Wildman–Crippen MR) is 104 cm³/mol. The zero-order valence-electron chi connectivity index (χ0n) is 15.4. The summed E-state index contributed by atoms with van der Waals surface area (Å²) in [5, 5.41) is 3.08. The van der Waals surface area contributed by atoms with Crippen LogP contribution in [0.2, 0.25) is 0 Å². The SMILES string of the molecule is Cc1ccccc1N1CC(C(=O)NC(C)CCc2ccccc2)CC1=O. The molecule has 136 valence electrons. The van der Waals surface area contributed by atoms with Gasteiger partial charge in [0.1, 0.15) is 0 Å². The topological polar surface area (TPSA) is 49.4 Å². The first-order valence-corrected chi connectivity index (χ1v) is 9.25. The average Bonchev–Trinajstić information content (AvgIpc) is 3.03. The van der Waals surface area contributed by atoms with Crippen LogP contribution < -0.4 is 10.2 Å². The average molecular weight is 350 g/mol. The summed E-state index contributed by atoms with van der Waals surface area (Å²) < 4.78 is 0. The van der Waals surface area contributed by atoms with Crippen LogP contribution in [-0.4, -0.2) is 24.4 Å². The van der Waals surface area contributed by atoms with Gasteiger partial charge in [-0.3, -0.25) is 9.59 Å². The van der Waals surface area contributed by atoms with Gasteiger partial charge in [0.25, 0.3) is 0 Å². The van der Waals surface area contributed by atoms with Gasteiger partial charge < -0.3 is 10.2 Å². The lowest BCUT2D eigenvalue weighted by atomic mass is 10.0. The maximum absolute atomic E-state index is 12.6. The first-order valence-electron chi connectivity index (χ1n) is 9.25. The summed E-state index contributed by atoms with van der Waals surface area (Å²) in [7, 11) is 0. The fourth-order valence-corrected chi connectivity index (χ4v) is 3.44. The van der Waals surface area contributed by atoms with Gasteiger partial charge in [0, 0.05) is 24.7 Å². The Morgan fingerprint density at radius 1 is 1.15 bits per heavy atom. The van der Waals surface area contributed by atoms with Gasteiger partial charge in [-0.1, -0.05) is 48.5 Å². The Balaban J connectivity index is 1.54. The number of hydrogen-bond donors (Lipinski definition) is 1. The van der Waals surface area contributed by atoms with E-state index in [1.165, 1.54) is 5.56 Å². The van der Waals surface area contributed by atoms with Gasteiger partial charge in [-0.05, 0) is 43.9 Å². The van der Waals surface area contributed by atoms with E-state index in [9.17, 15) is 9.59 Å². The van der Waals surface area contributed by atoms with Crippen LogP contribution in [0.5, 0.6) is 0 Å². The van der Waals surface area contributed by atoms with Crippen LogP contribution in [0, 0.1) is 12.8 Å². The molecule has 3 rings (SSSR count). The van der Waals surface area contributed by atoms with E-state index in [1.807, 2.05) is 56.3 Å². The highest BCUT2D eigenvalue weighted by Crippen LogP contribution is 2.27. The molecule has 0 aliphatic carbocycles. The molecule has 1 N–H and O–H groups in total. The highest BCUT2D eigenvalue weighted by molar-refractivity contribution is 6.00. The lowest BCUT2D eigenvalue weighted by molar-refractivity contribution is -0.126. The molecule has 0 spiro atoms. The third-order valence-electron chi connectivity index (χ3n) is 5.00. The van der Waals surface area contributed by atoms with Crippen molar-refractivity contribution in [1.82, 2.24) is 5.32 Å². The van der Waals surface area contributed by atoms with Crippen LogP contribution in [0.25, 0.3) is 0 Å². The number of carbonyl (C=O) groups is 2. The number of benzene rings is 2. The molecule has 2 unspecified atom stereocenters. The summed E-state index contributed by atoms with van der Waals surface area (Å²) in [5.41, 5.74) is 3.23. The second kappa shape index (κ2) is 8.17. The maximum atomic E-state index is 12.6. The largest absolute Gasteiger partial charge is 0.353 e. The number of amides is 2. The van der Waals surface area contributed by atoms with E-state index >= 15 is 0 Å². The van der Waals surface area contributed by atoms with Crippen molar-refractivity contribution in [1.29, 1.82) is 0 Å². The predicted octanol–water partition coefficient (Wildman–Crippen LogP) is 3.49. The van der Waals surface area contributed by atoms with E-state index in [1.54, 1.807) is 4.90 Å². The van der Waals surface area contributed by atoms with Crippen molar-refractivity contribution in [2.24, 2.45) is 5.92 Å². The Kier molecular flexibility index (Phi) is 5.71. The van der Waals surface area contributed by atoms with Crippen LogP contribution in [0.15, 0.2) is 54.6 Å². The molecular weight excluding hydrogens is 324 g/mol. The van der Waals surface area contributed by atoms with Crippen molar-refractivity contribution in [3.8, 4) is 0 Å². The molecule has 1 fully saturated rings. The summed E-state index contributed by atoms with van der Waals surface area (Å²) >= 11 is 0. The van der Waals surface area contributed by atoms with Crippen LogP contribution in [0.1, 0.15) is 30.9 Å². The van der Waals surface area contributed by atoms with Crippen LogP contribution in [0.4, 0.5) is 5.69 Å². The molecule has 2 amide bonds. The molecule has 2 atom stereocenters. The molecule has 0 bridgehead atoms. The zero-order valence-corrected chi connectivity index (χ0v) is 15.4. The van der Waals surface area contributed by atoms with E-state index in [-0.39, 0.29) is 30.2 Å². The first kappa shape index (κ1) is 18.2. The van der Waals surface area contributed by atoms with Gasteiger partial charge in [0.2, 0.25) is 11.8 Å². The lowest BCUT2D eigenvalue weighted by Gasteiger charge is -2.20. The molecule has 0 aromatic heterocycles. The van der Waals surface area contributed by atoms with Gasteiger partial charge in [-0.15, -0.1) is 0 Å². The van der Waals surface area contributed by atoms with Crippen molar-refractivity contribution in [2.45, 2.75) is 39.2 Å². The Labute approximate surface area is 155 Å². The molecular formula is C22H26N2O2. The van der Waals surface area contributed by atoms with Gasteiger partial charge in [0.05, 0.1) is 5.92 Å². The molecule has 4 nitrogen and oxygen atoms in total. The number of hydrogen-bond acceptors (Lipinski definition) is 2. The van der Waals surface area contributed by atoms with Crippen molar-refractivity contribution in [2.75, 3.05) is 11.4 Å². The Bertz CT molecular complexity index is 773. The molecule has 2 aromatic rings. The third-order valence-corrected chi connectivity index (χ3v) is 5.00. The summed E-state index contributed by atoms with van der Waals surface area (Å²) in [6.45, 7) is 4.47. The fourth-order valence-electron chi connectivity index (χ4n) is 3.44. The zero-order chi connectivity index (χ0) is 18.5. The minimum atomic E-state index is -0.277. The second-order valence-corrected chi connectivity index (χ2v) is 7.13. The van der Waals surface area contributed by atoms with Crippen molar-refractivity contribution in [3.05, 3.63) is 65.7 Å². The molecule has 1 heterocycles. The molecule has 0 radical (unpaired) electrons. The monoisotopic (exact) mass is 350 g/mol. The quantitative estimate of drug-likeness (QED) is 0.867. The molecule has 1 saturated heterocycles. The van der Waals surface area contributed by atoms with Crippen molar-refractivity contribution < 1.29 is 9.59 Å². The van der Waals surface area contributed by atoms with Crippen LogP contribution >= 0.6 is 0 Å². The standard InChI is InChI=1S/C22H26N2O2/c1-16-8-6-7-11-20(16)24-15-19(14-21(24)25)22(26)23-17(2)12-13-18-9-4-3-5-10-18/h3-11,17,19H,12-15H2,1-2H3,(H,23,26). The van der Waals surface area contributed by atoms with Gasteiger partial charge in [0.15, 0.2) is 0 Å². The summed E-state index contributed by atoms with van der Waals surface area (Å²) in [5.74, 6) is -0.271. The third kappa shape index (κ3) is 4.31. The molecule has 0 saturated carbocycles. The van der Waals surface area contributed by atoms with E-state index < -0.39 is 0 Å². The highest BCUT2D eigenvalue weighted by atomic mass is 16.2. The summed E-state index contributed by atoms with van der Waals surface area (Å²) in [4.78, 5) is 26.7.